The summed E-state index contributed by atoms with van der Waals surface area (Å²) in [5.41, 5.74) is -3.03. The minimum Gasteiger partial charge on any atom is -0.443 e. The van der Waals surface area contributed by atoms with E-state index in [0.717, 1.165) is 49.8 Å². The van der Waals surface area contributed by atoms with E-state index in [2.05, 4.69) is 20.3 Å². The van der Waals surface area contributed by atoms with Crippen molar-refractivity contribution in [3.05, 3.63) is 71.7 Å². The maximum absolute atomic E-state index is 15.1. The molecular formula is C26H20F7N5O4S. The number of sulfonamides is 1. The van der Waals surface area contributed by atoms with E-state index in [1.54, 1.807) is 0 Å². The fourth-order valence-electron chi connectivity index (χ4n) is 4.64. The SMILES string of the molecule is C[C@@]1(F)C[C@@H](C(=O)NCc2cc(-c3cnc(C(F)(F)F)nc3)ncc2C(F)F)N(S(=O)(=O)c2cc3cc(F)ccc3o2)C1. The fourth-order valence-corrected chi connectivity index (χ4v) is 6.28. The Bertz CT molecular complexity index is 1790. The number of halogens is 7. The Labute approximate surface area is 238 Å². The molecule has 1 aliphatic heterocycles. The molecule has 1 saturated heterocycles. The summed E-state index contributed by atoms with van der Waals surface area (Å²) in [5, 5.41) is 1.80. The molecule has 2 atom stereocenters. The zero-order valence-electron chi connectivity index (χ0n) is 21.9. The van der Waals surface area contributed by atoms with Crippen molar-refractivity contribution < 1.29 is 48.4 Å². The number of aromatic nitrogens is 3. The highest BCUT2D eigenvalue weighted by Crippen LogP contribution is 2.37. The molecule has 4 heterocycles. The summed E-state index contributed by atoms with van der Waals surface area (Å²) < 4.78 is 127. The molecule has 0 saturated carbocycles. The molecule has 5 rings (SSSR count). The highest BCUT2D eigenvalue weighted by atomic mass is 32.2. The highest BCUT2D eigenvalue weighted by Gasteiger charge is 2.50. The van der Waals surface area contributed by atoms with Crippen molar-refractivity contribution in [1.29, 1.82) is 0 Å². The third-order valence-corrected chi connectivity index (χ3v) is 8.40. The van der Waals surface area contributed by atoms with Crippen LogP contribution in [0.5, 0.6) is 0 Å². The van der Waals surface area contributed by atoms with E-state index in [0.29, 0.717) is 4.31 Å². The van der Waals surface area contributed by atoms with Crippen LogP contribution in [0.2, 0.25) is 0 Å². The first-order chi connectivity index (χ1) is 20.0. The van der Waals surface area contributed by atoms with Gasteiger partial charge in [-0.1, -0.05) is 0 Å². The number of furan rings is 1. The van der Waals surface area contributed by atoms with E-state index in [9.17, 15) is 39.6 Å². The Hall–Kier alpha value is -4.12. The van der Waals surface area contributed by atoms with Crippen LogP contribution in [0.3, 0.4) is 0 Å². The summed E-state index contributed by atoms with van der Waals surface area (Å²) in [6.07, 6.45) is -6.06. The molecule has 0 unspecified atom stereocenters. The monoisotopic (exact) mass is 631 g/mol. The molecular weight excluding hydrogens is 611 g/mol. The zero-order valence-corrected chi connectivity index (χ0v) is 22.7. The van der Waals surface area contributed by atoms with Crippen LogP contribution >= 0.6 is 0 Å². The van der Waals surface area contributed by atoms with Crippen molar-refractivity contribution in [1.82, 2.24) is 24.6 Å². The predicted molar refractivity (Wildman–Crippen MR) is 135 cm³/mol. The Morgan fingerprint density at radius 2 is 1.84 bits per heavy atom. The molecule has 1 aromatic carbocycles. The van der Waals surface area contributed by atoms with Crippen LogP contribution in [0, 0.1) is 5.82 Å². The van der Waals surface area contributed by atoms with Crippen LogP contribution in [0.15, 0.2) is 58.4 Å². The van der Waals surface area contributed by atoms with Crippen molar-refractivity contribution in [2.75, 3.05) is 6.54 Å². The largest absolute Gasteiger partial charge is 0.451 e. The van der Waals surface area contributed by atoms with Gasteiger partial charge in [-0.25, -0.2) is 35.9 Å². The molecule has 0 spiro atoms. The first-order valence-electron chi connectivity index (χ1n) is 12.4. The van der Waals surface area contributed by atoms with E-state index in [1.807, 2.05) is 0 Å². The Balaban J connectivity index is 1.39. The van der Waals surface area contributed by atoms with Gasteiger partial charge in [-0.15, -0.1) is 0 Å². The third kappa shape index (κ3) is 6.17. The number of hydrogen-bond acceptors (Lipinski definition) is 7. The number of nitrogens with one attached hydrogen (secondary N) is 1. The molecule has 17 heteroatoms. The van der Waals surface area contributed by atoms with Gasteiger partial charge in [-0.05, 0) is 36.8 Å². The van der Waals surface area contributed by atoms with E-state index >= 15 is 4.39 Å². The molecule has 3 aromatic heterocycles. The second-order valence-corrected chi connectivity index (χ2v) is 11.8. The number of alkyl halides is 6. The lowest BCUT2D eigenvalue weighted by atomic mass is 10.0. The lowest BCUT2D eigenvalue weighted by molar-refractivity contribution is -0.145. The van der Waals surface area contributed by atoms with Crippen LogP contribution < -0.4 is 5.32 Å². The van der Waals surface area contributed by atoms with Gasteiger partial charge < -0.3 is 9.73 Å². The highest BCUT2D eigenvalue weighted by molar-refractivity contribution is 7.89. The first kappa shape index (κ1) is 30.3. The molecule has 43 heavy (non-hydrogen) atoms. The van der Waals surface area contributed by atoms with Crippen LogP contribution in [0.25, 0.3) is 22.2 Å². The summed E-state index contributed by atoms with van der Waals surface area (Å²) in [6.45, 7) is -0.228. The number of rotatable bonds is 7. The molecule has 228 valence electrons. The van der Waals surface area contributed by atoms with Crippen molar-refractivity contribution in [2.24, 2.45) is 0 Å². The maximum atomic E-state index is 15.1. The van der Waals surface area contributed by atoms with Gasteiger partial charge in [0.05, 0.1) is 5.69 Å². The maximum Gasteiger partial charge on any atom is 0.451 e. The average molecular weight is 632 g/mol. The second-order valence-electron chi connectivity index (χ2n) is 10.0. The fraction of sp³-hybridized carbons (Fsp3) is 0.308. The summed E-state index contributed by atoms with van der Waals surface area (Å²) in [5.74, 6) is -3.08. The van der Waals surface area contributed by atoms with Crippen LogP contribution in [0.1, 0.15) is 36.7 Å². The number of carbonyl (C=O) groups is 1. The van der Waals surface area contributed by atoms with Gasteiger partial charge in [-0.3, -0.25) is 9.78 Å². The van der Waals surface area contributed by atoms with E-state index in [-0.39, 0.29) is 27.8 Å². The van der Waals surface area contributed by atoms with E-state index < -0.39 is 82.1 Å². The molecule has 1 amide bonds. The number of benzene rings is 1. The van der Waals surface area contributed by atoms with Gasteiger partial charge in [0.15, 0.2) is 0 Å². The average Bonchev–Trinajstić information content (AvgIpc) is 3.52. The normalized spacial score (nSPS) is 19.8. The summed E-state index contributed by atoms with van der Waals surface area (Å²) in [7, 11) is -4.62. The molecule has 0 bridgehead atoms. The van der Waals surface area contributed by atoms with Gasteiger partial charge in [0.25, 0.3) is 16.4 Å². The number of nitrogens with zero attached hydrogens (tertiary/aromatic N) is 4. The van der Waals surface area contributed by atoms with Gasteiger partial charge in [0.1, 0.15) is 23.1 Å². The molecule has 1 N–H and O–H groups in total. The predicted octanol–water partition coefficient (Wildman–Crippen LogP) is 5.19. The number of amides is 1. The smallest absolute Gasteiger partial charge is 0.443 e. The van der Waals surface area contributed by atoms with Gasteiger partial charge in [-0.2, -0.15) is 17.5 Å². The van der Waals surface area contributed by atoms with Crippen LogP contribution in [-0.2, 0) is 27.5 Å². The summed E-state index contributed by atoms with van der Waals surface area (Å²) >= 11 is 0. The number of pyridine rings is 1. The Morgan fingerprint density at radius 1 is 1.14 bits per heavy atom. The van der Waals surface area contributed by atoms with E-state index in [4.69, 9.17) is 4.42 Å². The standard InChI is InChI=1S/C26H20F7N5O4S/c1-25(30)7-19(38(12-25)43(40,41)21-6-13-4-16(27)2-3-20(13)42-21)23(39)35-8-14-5-18(34-11-17(14)22(28)29)15-9-36-24(37-10-15)26(31,32)33/h2-6,9-11,19,22H,7-8,12H2,1H3,(H,35,39)/t19-,25+/m0/s1. The minimum atomic E-state index is -4.81. The topological polar surface area (TPSA) is 118 Å². The molecule has 1 fully saturated rings. The minimum absolute atomic E-state index is 0.0339. The number of hydrogen-bond donors (Lipinski definition) is 1. The summed E-state index contributed by atoms with van der Waals surface area (Å²) in [4.78, 5) is 23.4. The lowest BCUT2D eigenvalue weighted by Crippen LogP contribution is -2.45. The molecule has 9 nitrogen and oxygen atoms in total. The molecule has 1 aliphatic rings. The van der Waals surface area contributed by atoms with Crippen molar-refractivity contribution in [3.63, 3.8) is 0 Å². The Morgan fingerprint density at radius 3 is 2.49 bits per heavy atom. The Kier molecular flexibility index (Phi) is 7.66. The van der Waals surface area contributed by atoms with Crippen LogP contribution in [0.4, 0.5) is 30.7 Å². The first-order valence-corrected chi connectivity index (χ1v) is 13.8. The molecule has 0 radical (unpaired) electrons. The molecule has 0 aliphatic carbocycles. The second kappa shape index (κ2) is 10.9. The summed E-state index contributed by atoms with van der Waals surface area (Å²) in [6, 6.07) is 3.81. The van der Waals surface area contributed by atoms with Crippen molar-refractivity contribution in [3.8, 4) is 11.3 Å². The van der Waals surface area contributed by atoms with Crippen molar-refractivity contribution >= 4 is 26.9 Å². The molecule has 4 aromatic rings. The third-order valence-electron chi connectivity index (χ3n) is 6.69. The van der Waals surface area contributed by atoms with Gasteiger partial charge in [0.2, 0.25) is 16.8 Å². The lowest BCUT2D eigenvalue weighted by Gasteiger charge is -2.22. The quantitative estimate of drug-likeness (QED) is 0.279. The van der Waals surface area contributed by atoms with Gasteiger partial charge in [0, 0.05) is 60.7 Å². The van der Waals surface area contributed by atoms with Gasteiger partial charge >= 0.3 is 6.18 Å². The zero-order chi connectivity index (χ0) is 31.3. The number of fused-ring (bicyclic) bond motifs is 1. The van der Waals surface area contributed by atoms with Crippen molar-refractivity contribution in [2.45, 2.75) is 49.3 Å². The van der Waals surface area contributed by atoms with Crippen LogP contribution in [-0.4, -0.2) is 51.8 Å². The number of carbonyl (C=O) groups excluding carboxylic acids is 1. The van der Waals surface area contributed by atoms with E-state index in [1.165, 1.54) is 6.07 Å².